The van der Waals surface area contributed by atoms with Crippen LogP contribution in [0.5, 0.6) is 0 Å². The van der Waals surface area contributed by atoms with Crippen LogP contribution in [0.1, 0.15) is 0 Å². The van der Waals surface area contributed by atoms with Crippen LogP contribution in [0, 0.1) is 0 Å². The first-order valence-corrected chi connectivity index (χ1v) is 7.51. The van der Waals surface area contributed by atoms with E-state index in [1.54, 1.807) is 6.33 Å². The number of nitrogens with zero attached hydrogens (tertiary/aromatic N) is 4. The zero-order valence-electron chi connectivity index (χ0n) is 11.7. The molecule has 0 N–H and O–H groups in total. The third-order valence-electron chi connectivity index (χ3n) is 3.50. The average Bonchev–Trinajstić information content (AvgIpc) is 3.16. The van der Waals surface area contributed by atoms with Crippen molar-refractivity contribution < 1.29 is 4.52 Å². The molecule has 0 amide bonds. The molecule has 0 aliphatic rings. The van der Waals surface area contributed by atoms with Crippen molar-refractivity contribution in [1.82, 2.24) is 19.7 Å². The quantitative estimate of drug-likeness (QED) is 0.544. The van der Waals surface area contributed by atoms with Gasteiger partial charge < -0.3 is 9.09 Å². The maximum absolute atomic E-state index is 5.37. The average molecular weight is 355 g/mol. The molecule has 0 radical (unpaired) electrons. The normalized spacial score (nSPS) is 11.2. The number of hydrogen-bond acceptors (Lipinski definition) is 4. The number of aryl methyl sites for hydroxylation is 1. The second-order valence-corrected chi connectivity index (χ2v) is 5.90. The fraction of sp³-hybridized carbons (Fsp3) is 0.0625. The summed E-state index contributed by atoms with van der Waals surface area (Å²) in [6.45, 7) is 0. The molecule has 0 aliphatic heterocycles. The van der Waals surface area contributed by atoms with E-state index in [1.165, 1.54) is 0 Å². The molecule has 0 saturated carbocycles. The second kappa shape index (κ2) is 5.06. The molecule has 108 valence electrons. The molecule has 0 saturated heterocycles. The predicted molar refractivity (Wildman–Crippen MR) is 87.1 cm³/mol. The van der Waals surface area contributed by atoms with Gasteiger partial charge in [0.15, 0.2) is 0 Å². The SMILES string of the molecule is Cn1cnc2ccc(-c3noc(-c4ccc(Br)cc4)n3)cc21. The van der Waals surface area contributed by atoms with E-state index in [0.29, 0.717) is 11.7 Å². The van der Waals surface area contributed by atoms with E-state index in [0.717, 1.165) is 26.6 Å². The predicted octanol–water partition coefficient (Wildman–Crippen LogP) is 4.05. The standard InChI is InChI=1S/C16H11BrN4O/c1-21-9-18-13-7-4-11(8-14(13)21)15-19-16(22-20-15)10-2-5-12(17)6-3-10/h2-9H,1H3. The summed E-state index contributed by atoms with van der Waals surface area (Å²) in [5.41, 5.74) is 3.78. The summed E-state index contributed by atoms with van der Waals surface area (Å²) in [5, 5.41) is 4.08. The largest absolute Gasteiger partial charge is 0.334 e. The van der Waals surface area contributed by atoms with Crippen LogP contribution in [0.2, 0.25) is 0 Å². The van der Waals surface area contributed by atoms with Crippen molar-refractivity contribution in [2.75, 3.05) is 0 Å². The lowest BCUT2D eigenvalue weighted by Gasteiger charge is -1.97. The molecule has 5 nitrogen and oxygen atoms in total. The molecule has 2 aromatic heterocycles. The van der Waals surface area contributed by atoms with E-state index in [9.17, 15) is 0 Å². The Morgan fingerprint density at radius 3 is 2.64 bits per heavy atom. The van der Waals surface area contributed by atoms with Gasteiger partial charge in [0.05, 0.1) is 17.4 Å². The molecule has 6 heteroatoms. The van der Waals surface area contributed by atoms with Crippen LogP contribution in [-0.2, 0) is 7.05 Å². The van der Waals surface area contributed by atoms with Crippen molar-refractivity contribution in [2.24, 2.45) is 7.05 Å². The Kier molecular flexibility index (Phi) is 3.04. The van der Waals surface area contributed by atoms with E-state index in [-0.39, 0.29) is 0 Å². The van der Waals surface area contributed by atoms with Gasteiger partial charge in [-0.1, -0.05) is 21.1 Å². The van der Waals surface area contributed by atoms with Crippen molar-refractivity contribution in [2.45, 2.75) is 0 Å². The highest BCUT2D eigenvalue weighted by Gasteiger charge is 2.12. The zero-order valence-corrected chi connectivity index (χ0v) is 13.3. The van der Waals surface area contributed by atoms with Crippen molar-refractivity contribution in [1.29, 1.82) is 0 Å². The van der Waals surface area contributed by atoms with E-state index in [4.69, 9.17) is 4.52 Å². The molecule has 4 rings (SSSR count). The van der Waals surface area contributed by atoms with E-state index < -0.39 is 0 Å². The lowest BCUT2D eigenvalue weighted by Crippen LogP contribution is -1.86. The monoisotopic (exact) mass is 354 g/mol. The number of halogens is 1. The highest BCUT2D eigenvalue weighted by molar-refractivity contribution is 9.10. The summed E-state index contributed by atoms with van der Waals surface area (Å²) in [4.78, 5) is 8.79. The Labute approximate surface area is 134 Å². The Hall–Kier alpha value is -2.47. The lowest BCUT2D eigenvalue weighted by atomic mass is 10.2. The number of fused-ring (bicyclic) bond motifs is 1. The van der Waals surface area contributed by atoms with E-state index in [1.807, 2.05) is 54.1 Å². The van der Waals surface area contributed by atoms with Crippen LogP contribution < -0.4 is 0 Å². The smallest absolute Gasteiger partial charge is 0.258 e. The summed E-state index contributed by atoms with van der Waals surface area (Å²) in [5.74, 6) is 1.08. The molecule has 22 heavy (non-hydrogen) atoms. The van der Waals surface area contributed by atoms with Crippen molar-refractivity contribution in [3.8, 4) is 22.8 Å². The molecule has 0 aliphatic carbocycles. The van der Waals surface area contributed by atoms with Gasteiger partial charge in [0.25, 0.3) is 5.89 Å². The van der Waals surface area contributed by atoms with Crippen molar-refractivity contribution >= 4 is 27.0 Å². The maximum atomic E-state index is 5.37. The Morgan fingerprint density at radius 1 is 1.05 bits per heavy atom. The van der Waals surface area contributed by atoms with Gasteiger partial charge in [0.2, 0.25) is 5.82 Å². The fourth-order valence-electron chi connectivity index (χ4n) is 2.32. The Morgan fingerprint density at radius 2 is 1.82 bits per heavy atom. The van der Waals surface area contributed by atoms with Gasteiger partial charge in [-0.05, 0) is 42.5 Å². The summed E-state index contributed by atoms with van der Waals surface area (Å²) in [6, 6.07) is 13.7. The summed E-state index contributed by atoms with van der Waals surface area (Å²) in [6.07, 6.45) is 1.79. The topological polar surface area (TPSA) is 56.7 Å². The van der Waals surface area contributed by atoms with E-state index in [2.05, 4.69) is 31.1 Å². The zero-order chi connectivity index (χ0) is 15.1. The third kappa shape index (κ3) is 2.21. The number of aromatic nitrogens is 4. The van der Waals surface area contributed by atoms with Gasteiger partial charge in [-0.25, -0.2) is 4.98 Å². The maximum Gasteiger partial charge on any atom is 0.258 e. The first-order chi connectivity index (χ1) is 10.7. The first kappa shape index (κ1) is 13.2. The molecule has 2 heterocycles. The minimum atomic E-state index is 0.507. The first-order valence-electron chi connectivity index (χ1n) is 6.72. The fourth-order valence-corrected chi connectivity index (χ4v) is 2.58. The molecule has 0 bridgehead atoms. The number of hydrogen-bond donors (Lipinski definition) is 0. The van der Waals surface area contributed by atoms with Gasteiger partial charge in [0, 0.05) is 22.6 Å². The molecular formula is C16H11BrN4O. The Bertz CT molecular complexity index is 956. The highest BCUT2D eigenvalue weighted by Crippen LogP contribution is 2.25. The molecule has 0 fully saturated rings. The molecule has 2 aromatic carbocycles. The molecule has 0 atom stereocenters. The molecular weight excluding hydrogens is 344 g/mol. The van der Waals surface area contributed by atoms with E-state index >= 15 is 0 Å². The summed E-state index contributed by atoms with van der Waals surface area (Å²) >= 11 is 3.41. The van der Waals surface area contributed by atoms with Gasteiger partial charge in [0.1, 0.15) is 0 Å². The van der Waals surface area contributed by atoms with Crippen LogP contribution in [0.3, 0.4) is 0 Å². The minimum Gasteiger partial charge on any atom is -0.334 e. The summed E-state index contributed by atoms with van der Waals surface area (Å²) < 4.78 is 8.35. The van der Waals surface area contributed by atoms with Crippen molar-refractivity contribution in [3.63, 3.8) is 0 Å². The van der Waals surface area contributed by atoms with Crippen LogP contribution >= 0.6 is 15.9 Å². The lowest BCUT2D eigenvalue weighted by molar-refractivity contribution is 0.432. The Balaban J connectivity index is 1.76. The van der Waals surface area contributed by atoms with Crippen LogP contribution in [0.25, 0.3) is 33.9 Å². The van der Waals surface area contributed by atoms with Gasteiger partial charge in [-0.2, -0.15) is 4.98 Å². The van der Waals surface area contributed by atoms with Crippen LogP contribution in [0.15, 0.2) is 57.8 Å². The minimum absolute atomic E-state index is 0.507. The molecule has 4 aromatic rings. The summed E-state index contributed by atoms with van der Waals surface area (Å²) in [7, 11) is 1.96. The van der Waals surface area contributed by atoms with Gasteiger partial charge >= 0.3 is 0 Å². The second-order valence-electron chi connectivity index (χ2n) is 4.99. The third-order valence-corrected chi connectivity index (χ3v) is 4.03. The number of imidazole rings is 1. The van der Waals surface area contributed by atoms with Crippen LogP contribution in [0.4, 0.5) is 0 Å². The molecule has 0 unspecified atom stereocenters. The van der Waals surface area contributed by atoms with Crippen molar-refractivity contribution in [3.05, 3.63) is 53.3 Å². The van der Waals surface area contributed by atoms with Gasteiger partial charge in [-0.3, -0.25) is 0 Å². The highest BCUT2D eigenvalue weighted by atomic mass is 79.9. The number of rotatable bonds is 2. The number of benzene rings is 2. The van der Waals surface area contributed by atoms with Gasteiger partial charge in [-0.15, -0.1) is 0 Å². The molecule has 0 spiro atoms. The van der Waals surface area contributed by atoms with Crippen LogP contribution in [-0.4, -0.2) is 19.7 Å².